The smallest absolute Gasteiger partial charge is 0.119 e. The van der Waals surface area contributed by atoms with Gasteiger partial charge in [0.15, 0.2) is 0 Å². The van der Waals surface area contributed by atoms with Crippen LogP contribution in [0.3, 0.4) is 0 Å². The Balaban J connectivity index is 2.61. The fraction of sp³-hybridized carbons (Fsp3) is 0.538. The maximum absolute atomic E-state index is 8.84. The van der Waals surface area contributed by atoms with Gasteiger partial charge in [0.05, 0.1) is 7.11 Å². The number of methoxy groups -OCH3 is 1. The Morgan fingerprint density at radius 3 is 2.75 bits per heavy atom. The average molecular weight is 223 g/mol. The number of nitrogens with one attached hydrogen (secondary N) is 1. The van der Waals surface area contributed by atoms with Gasteiger partial charge in [-0.25, -0.2) is 0 Å². The molecule has 0 aliphatic rings. The Bertz CT molecular complexity index is 315. The molecule has 1 rings (SSSR count). The molecule has 0 aliphatic heterocycles. The van der Waals surface area contributed by atoms with E-state index in [0.717, 1.165) is 12.2 Å². The summed E-state index contributed by atoms with van der Waals surface area (Å²) < 4.78 is 5.19. The molecule has 3 nitrogen and oxygen atoms in total. The molecular formula is C13H21NO2. The van der Waals surface area contributed by atoms with Crippen molar-refractivity contribution in [1.29, 1.82) is 0 Å². The zero-order valence-electron chi connectivity index (χ0n) is 10.2. The molecule has 2 atom stereocenters. The minimum atomic E-state index is 0.221. The Kier molecular flexibility index (Phi) is 5.29. The third-order valence-corrected chi connectivity index (χ3v) is 2.69. The van der Waals surface area contributed by atoms with Crippen LogP contribution >= 0.6 is 0 Å². The van der Waals surface area contributed by atoms with Crippen LogP contribution in [0.4, 0.5) is 0 Å². The van der Waals surface area contributed by atoms with Crippen molar-refractivity contribution in [2.24, 2.45) is 0 Å². The fourth-order valence-electron chi connectivity index (χ4n) is 1.71. The lowest BCUT2D eigenvalue weighted by molar-refractivity contribution is 0.264. The molecule has 0 bridgehead atoms. The minimum absolute atomic E-state index is 0.221. The van der Waals surface area contributed by atoms with Crippen molar-refractivity contribution in [2.75, 3.05) is 13.7 Å². The largest absolute Gasteiger partial charge is 0.497 e. The van der Waals surface area contributed by atoms with Crippen LogP contribution in [0.2, 0.25) is 0 Å². The zero-order valence-corrected chi connectivity index (χ0v) is 10.2. The fourth-order valence-corrected chi connectivity index (χ4v) is 1.71. The van der Waals surface area contributed by atoms with Gasteiger partial charge >= 0.3 is 0 Å². The Morgan fingerprint density at radius 1 is 1.38 bits per heavy atom. The van der Waals surface area contributed by atoms with E-state index in [-0.39, 0.29) is 12.6 Å². The first-order valence-electron chi connectivity index (χ1n) is 5.68. The molecule has 16 heavy (non-hydrogen) atoms. The van der Waals surface area contributed by atoms with Crippen molar-refractivity contribution in [3.63, 3.8) is 0 Å². The summed E-state index contributed by atoms with van der Waals surface area (Å²) in [7, 11) is 1.67. The van der Waals surface area contributed by atoms with Gasteiger partial charge in [-0.3, -0.25) is 0 Å². The first-order chi connectivity index (χ1) is 7.67. The number of benzene rings is 1. The molecule has 3 heteroatoms. The molecule has 0 aliphatic carbocycles. The molecule has 0 saturated heterocycles. The minimum Gasteiger partial charge on any atom is -0.497 e. The maximum Gasteiger partial charge on any atom is 0.119 e. The molecule has 1 aromatic rings. The van der Waals surface area contributed by atoms with Gasteiger partial charge in [-0.1, -0.05) is 12.1 Å². The van der Waals surface area contributed by atoms with Gasteiger partial charge in [0.2, 0.25) is 0 Å². The average Bonchev–Trinajstić information content (AvgIpc) is 2.29. The second kappa shape index (κ2) is 6.51. The summed E-state index contributed by atoms with van der Waals surface area (Å²) in [5, 5.41) is 12.3. The van der Waals surface area contributed by atoms with Crippen LogP contribution in [0, 0.1) is 0 Å². The third-order valence-electron chi connectivity index (χ3n) is 2.69. The first kappa shape index (κ1) is 13.0. The first-order valence-corrected chi connectivity index (χ1v) is 5.68. The lowest BCUT2D eigenvalue weighted by Crippen LogP contribution is -2.29. The number of aliphatic hydroxyl groups excluding tert-OH is 1. The van der Waals surface area contributed by atoms with E-state index < -0.39 is 0 Å². The van der Waals surface area contributed by atoms with Crippen LogP contribution < -0.4 is 10.1 Å². The van der Waals surface area contributed by atoms with Crippen LogP contribution in [0.25, 0.3) is 0 Å². The predicted octanol–water partition coefficient (Wildman–Crippen LogP) is 2.12. The normalized spacial score (nSPS) is 14.5. The maximum atomic E-state index is 8.84. The van der Waals surface area contributed by atoms with E-state index in [1.165, 1.54) is 5.56 Å². The number of rotatable bonds is 6. The lowest BCUT2D eigenvalue weighted by atomic mass is 10.1. The van der Waals surface area contributed by atoms with E-state index in [1.807, 2.05) is 18.2 Å². The molecule has 0 radical (unpaired) electrons. The van der Waals surface area contributed by atoms with Crippen molar-refractivity contribution in [2.45, 2.75) is 32.4 Å². The van der Waals surface area contributed by atoms with Crippen molar-refractivity contribution in [3.8, 4) is 5.75 Å². The topological polar surface area (TPSA) is 41.5 Å². The van der Waals surface area contributed by atoms with Crippen LogP contribution in [0.1, 0.15) is 31.9 Å². The van der Waals surface area contributed by atoms with Gasteiger partial charge < -0.3 is 15.2 Å². The molecule has 2 N–H and O–H groups in total. The molecule has 0 saturated carbocycles. The number of hydrogen-bond acceptors (Lipinski definition) is 3. The van der Waals surface area contributed by atoms with E-state index in [2.05, 4.69) is 25.2 Å². The molecule has 0 amide bonds. The van der Waals surface area contributed by atoms with Gasteiger partial charge in [0.25, 0.3) is 0 Å². The highest BCUT2D eigenvalue weighted by molar-refractivity contribution is 5.30. The van der Waals surface area contributed by atoms with Crippen molar-refractivity contribution >= 4 is 0 Å². The standard InChI is InChI=1S/C13H21NO2/c1-10(7-8-15)14-11(2)12-5-4-6-13(9-12)16-3/h4-6,9-11,14-15H,7-8H2,1-3H3. The van der Waals surface area contributed by atoms with Crippen molar-refractivity contribution < 1.29 is 9.84 Å². The zero-order chi connectivity index (χ0) is 12.0. The second-order valence-corrected chi connectivity index (χ2v) is 4.08. The van der Waals surface area contributed by atoms with Crippen LogP contribution in [0.15, 0.2) is 24.3 Å². The Labute approximate surface area is 97.4 Å². The highest BCUT2D eigenvalue weighted by atomic mass is 16.5. The quantitative estimate of drug-likeness (QED) is 0.776. The molecule has 2 unspecified atom stereocenters. The third kappa shape index (κ3) is 3.83. The molecule has 0 spiro atoms. The summed E-state index contributed by atoms with van der Waals surface area (Å²) in [5.41, 5.74) is 1.20. The van der Waals surface area contributed by atoms with Crippen LogP contribution in [0.5, 0.6) is 5.75 Å². The summed E-state index contributed by atoms with van der Waals surface area (Å²) in [6, 6.07) is 8.61. The highest BCUT2D eigenvalue weighted by Crippen LogP contribution is 2.19. The predicted molar refractivity (Wildman–Crippen MR) is 65.7 cm³/mol. The van der Waals surface area contributed by atoms with E-state index in [9.17, 15) is 0 Å². The lowest BCUT2D eigenvalue weighted by Gasteiger charge is -2.20. The number of ether oxygens (including phenoxy) is 1. The van der Waals surface area contributed by atoms with Crippen LogP contribution in [-0.2, 0) is 0 Å². The van der Waals surface area contributed by atoms with Crippen LogP contribution in [-0.4, -0.2) is 24.9 Å². The highest BCUT2D eigenvalue weighted by Gasteiger charge is 2.09. The summed E-state index contributed by atoms with van der Waals surface area (Å²) in [6.07, 6.45) is 0.772. The molecular weight excluding hydrogens is 202 g/mol. The molecule has 90 valence electrons. The van der Waals surface area contributed by atoms with Gasteiger partial charge in [-0.2, -0.15) is 0 Å². The Hall–Kier alpha value is -1.06. The Morgan fingerprint density at radius 2 is 2.12 bits per heavy atom. The molecule has 0 aromatic heterocycles. The van der Waals surface area contributed by atoms with Crippen molar-refractivity contribution in [3.05, 3.63) is 29.8 Å². The second-order valence-electron chi connectivity index (χ2n) is 4.08. The van der Waals surface area contributed by atoms with Gasteiger partial charge in [0.1, 0.15) is 5.75 Å². The molecule has 0 heterocycles. The van der Waals surface area contributed by atoms with Gasteiger partial charge in [0, 0.05) is 18.7 Å². The van der Waals surface area contributed by atoms with E-state index in [4.69, 9.17) is 9.84 Å². The van der Waals surface area contributed by atoms with Gasteiger partial charge in [-0.15, -0.1) is 0 Å². The summed E-state index contributed by atoms with van der Waals surface area (Å²) >= 11 is 0. The number of aliphatic hydroxyl groups is 1. The summed E-state index contributed by atoms with van der Waals surface area (Å²) in [6.45, 7) is 4.41. The molecule has 0 fully saturated rings. The van der Waals surface area contributed by atoms with E-state index >= 15 is 0 Å². The van der Waals surface area contributed by atoms with E-state index in [0.29, 0.717) is 6.04 Å². The summed E-state index contributed by atoms with van der Waals surface area (Å²) in [4.78, 5) is 0. The monoisotopic (exact) mass is 223 g/mol. The van der Waals surface area contributed by atoms with Gasteiger partial charge in [-0.05, 0) is 38.0 Å². The number of hydrogen-bond donors (Lipinski definition) is 2. The SMILES string of the molecule is COc1cccc(C(C)NC(C)CCO)c1. The van der Waals surface area contributed by atoms with E-state index in [1.54, 1.807) is 7.11 Å². The van der Waals surface area contributed by atoms with Crippen molar-refractivity contribution in [1.82, 2.24) is 5.32 Å². The molecule has 1 aromatic carbocycles. The summed E-state index contributed by atoms with van der Waals surface area (Å²) in [5.74, 6) is 0.876.